The molecule has 2 unspecified atom stereocenters. The normalized spacial score (nSPS) is 14.4. The van der Waals surface area contributed by atoms with Crippen LogP contribution in [0.4, 0.5) is 0 Å². The third-order valence-electron chi connectivity index (χ3n) is 8.88. The van der Waals surface area contributed by atoms with Gasteiger partial charge in [0.1, 0.15) is 6.61 Å². The topological polar surface area (TPSA) is 99.1 Å². The van der Waals surface area contributed by atoms with Crippen molar-refractivity contribution in [3.05, 3.63) is 158 Å². The van der Waals surface area contributed by atoms with E-state index >= 15 is 0 Å². The van der Waals surface area contributed by atoms with E-state index in [9.17, 15) is 19.5 Å². The van der Waals surface area contributed by atoms with Gasteiger partial charge in [-0.15, -0.1) is 0 Å². The molecule has 0 aliphatic carbocycles. The van der Waals surface area contributed by atoms with Crippen molar-refractivity contribution in [3.8, 4) is 0 Å². The largest absolute Gasteiger partial charge is 0.477 e. The first kappa shape index (κ1) is 57.0. The van der Waals surface area contributed by atoms with Crippen LogP contribution in [-0.4, -0.2) is 80.6 Å². The highest BCUT2D eigenvalue weighted by Gasteiger charge is 2.31. The monoisotopic (exact) mass is 855 g/mol. The Labute approximate surface area is 376 Å². The van der Waals surface area contributed by atoms with Gasteiger partial charge in [0.2, 0.25) is 0 Å². The average molecular weight is 855 g/mol. The second kappa shape index (κ2) is 42.6. The minimum Gasteiger partial charge on any atom is -0.477 e. The number of ether oxygens (including phenoxy) is 3. The first-order valence-electron chi connectivity index (χ1n) is 22.6. The summed E-state index contributed by atoms with van der Waals surface area (Å²) in [5, 5.41) is 9.63. The Kier molecular flexibility index (Phi) is 39.2. The zero-order valence-electron chi connectivity index (χ0n) is 38.7. The van der Waals surface area contributed by atoms with Gasteiger partial charge in [-0.2, -0.15) is 0 Å². The fraction of sp³-hybridized carbons (Fsp3) is 0.463. The van der Waals surface area contributed by atoms with Crippen molar-refractivity contribution in [1.29, 1.82) is 0 Å². The lowest BCUT2D eigenvalue weighted by Gasteiger charge is -2.31. The molecule has 0 bridgehead atoms. The second-order valence-electron chi connectivity index (χ2n) is 15.4. The number of quaternary nitrogens is 1. The van der Waals surface area contributed by atoms with E-state index in [4.69, 9.17) is 14.2 Å². The van der Waals surface area contributed by atoms with E-state index in [1.165, 1.54) is 0 Å². The van der Waals surface area contributed by atoms with Gasteiger partial charge in [-0.1, -0.05) is 178 Å². The van der Waals surface area contributed by atoms with Crippen LogP contribution < -0.4 is 0 Å². The lowest BCUT2D eigenvalue weighted by Crippen LogP contribution is -2.50. The molecule has 1 N–H and O–H groups in total. The van der Waals surface area contributed by atoms with Crippen LogP contribution in [0.15, 0.2) is 158 Å². The number of rotatable bonds is 37. The third kappa shape index (κ3) is 40.4. The predicted molar refractivity (Wildman–Crippen MR) is 261 cm³/mol. The fourth-order valence-electron chi connectivity index (χ4n) is 5.45. The van der Waals surface area contributed by atoms with Crippen LogP contribution in [0, 0.1) is 0 Å². The van der Waals surface area contributed by atoms with Crippen molar-refractivity contribution >= 4 is 17.9 Å². The standard InChI is InChI=1S/C54H79NO7/c1-6-8-10-12-14-16-18-20-22-24-26-28-30-32-34-36-38-40-42-44-52(56)61-49-50(48-60-47-46-51(54(58)59)55(3,4)5)62-53(57)45-43-41-39-37-35-33-31-29-27-25-23-21-19-17-15-13-11-9-7-2/h8-12,14-18,20-24,26-30,32-35,39,41,50-51H,6-7,13,19,25,31,36-38,40,42-49H2,1-5H3/p+1/b10-8+,11-9+,14-12+,17-15+,18-16+,22-20+,23-21+,26-24+,29-27+,30-28+,34-32+,35-33+,41-39+. The number of allylic oxidation sites excluding steroid dienone is 26. The lowest BCUT2D eigenvalue weighted by atomic mass is 10.1. The molecule has 0 fully saturated rings. The first-order valence-corrected chi connectivity index (χ1v) is 22.6. The molecule has 0 aromatic carbocycles. The van der Waals surface area contributed by atoms with E-state index < -0.39 is 24.1 Å². The molecule has 0 rings (SSSR count). The van der Waals surface area contributed by atoms with Gasteiger partial charge in [0.25, 0.3) is 0 Å². The SMILES string of the molecule is CC/C=C/C=C/C=C/C=C/C=C/C=C/C=C/CCCCCC(=O)OCC(COCCC(C(=O)O)[N+](C)(C)C)OC(=O)CC/C=C/C/C=C/C/C=C/C/C=C/C/C=C/C/C=C/CC. The van der Waals surface area contributed by atoms with Gasteiger partial charge >= 0.3 is 17.9 Å². The van der Waals surface area contributed by atoms with Gasteiger partial charge in [0.05, 0.1) is 34.4 Å². The molecule has 0 aliphatic rings. The molecule has 0 radical (unpaired) electrons. The quantitative estimate of drug-likeness (QED) is 0.0218. The van der Waals surface area contributed by atoms with Crippen molar-refractivity contribution < 1.29 is 38.2 Å². The summed E-state index contributed by atoms with van der Waals surface area (Å²) in [6.07, 6.45) is 64.4. The molecule has 342 valence electrons. The van der Waals surface area contributed by atoms with Gasteiger partial charge in [-0.25, -0.2) is 4.79 Å². The van der Waals surface area contributed by atoms with Crippen molar-refractivity contribution in [1.82, 2.24) is 0 Å². The van der Waals surface area contributed by atoms with Gasteiger partial charge in [0, 0.05) is 19.3 Å². The molecule has 8 nitrogen and oxygen atoms in total. The van der Waals surface area contributed by atoms with Crippen LogP contribution in [0.5, 0.6) is 0 Å². The van der Waals surface area contributed by atoms with E-state index in [2.05, 4.69) is 86.8 Å². The van der Waals surface area contributed by atoms with Gasteiger partial charge < -0.3 is 23.8 Å². The van der Waals surface area contributed by atoms with Crippen LogP contribution in [0.1, 0.15) is 110 Å². The van der Waals surface area contributed by atoms with Crippen molar-refractivity contribution in [2.24, 2.45) is 0 Å². The Bertz CT molecular complexity index is 1560. The Hall–Kier alpha value is -5.05. The zero-order chi connectivity index (χ0) is 45.6. The number of nitrogens with zero attached hydrogens (tertiary/aromatic N) is 1. The molecule has 0 amide bonds. The summed E-state index contributed by atoms with van der Waals surface area (Å²) >= 11 is 0. The van der Waals surface area contributed by atoms with E-state index in [0.717, 1.165) is 64.2 Å². The van der Waals surface area contributed by atoms with Gasteiger partial charge in [-0.05, 0) is 70.6 Å². The Morgan fingerprint density at radius 1 is 0.500 bits per heavy atom. The van der Waals surface area contributed by atoms with Crippen molar-refractivity contribution in [2.75, 3.05) is 41.0 Å². The molecule has 0 heterocycles. The summed E-state index contributed by atoms with van der Waals surface area (Å²) in [7, 11) is 5.46. The molecule has 0 aliphatic heterocycles. The first-order chi connectivity index (χ1) is 30.1. The highest BCUT2D eigenvalue weighted by atomic mass is 16.6. The number of unbranched alkanes of at least 4 members (excludes halogenated alkanes) is 3. The molecule has 0 saturated carbocycles. The Morgan fingerprint density at radius 3 is 1.45 bits per heavy atom. The highest BCUT2D eigenvalue weighted by molar-refractivity contribution is 5.72. The van der Waals surface area contributed by atoms with Crippen LogP contribution in [0.3, 0.4) is 0 Å². The van der Waals surface area contributed by atoms with Gasteiger partial charge in [-0.3, -0.25) is 9.59 Å². The maximum atomic E-state index is 12.7. The molecule has 0 aromatic rings. The summed E-state index contributed by atoms with van der Waals surface area (Å²) in [5.74, 6) is -1.66. The molecule has 0 saturated heterocycles. The number of hydrogen-bond donors (Lipinski definition) is 1. The maximum absolute atomic E-state index is 12.7. The number of carboxylic acid groups (broad SMARTS) is 1. The Morgan fingerprint density at radius 2 is 0.968 bits per heavy atom. The number of carbonyl (C=O) groups is 3. The van der Waals surface area contributed by atoms with E-state index in [-0.39, 0.29) is 49.5 Å². The van der Waals surface area contributed by atoms with E-state index in [1.54, 1.807) is 0 Å². The summed E-state index contributed by atoms with van der Waals surface area (Å²) in [6.45, 7) is 4.30. The number of likely N-dealkylation sites (N-methyl/N-ethyl adjacent to an activating group) is 1. The van der Waals surface area contributed by atoms with Crippen LogP contribution >= 0.6 is 0 Å². The Balaban J connectivity index is 4.61. The number of esters is 2. The molecular formula is C54H80NO7+. The number of hydrogen-bond acceptors (Lipinski definition) is 6. The van der Waals surface area contributed by atoms with Crippen molar-refractivity contribution in [2.45, 2.75) is 122 Å². The molecule has 2 atom stereocenters. The lowest BCUT2D eigenvalue weighted by molar-refractivity contribution is -0.887. The third-order valence-corrected chi connectivity index (χ3v) is 8.88. The average Bonchev–Trinajstić information content (AvgIpc) is 3.23. The van der Waals surface area contributed by atoms with E-state index in [0.29, 0.717) is 12.8 Å². The van der Waals surface area contributed by atoms with Crippen molar-refractivity contribution in [3.63, 3.8) is 0 Å². The van der Waals surface area contributed by atoms with Gasteiger partial charge in [0.15, 0.2) is 12.1 Å². The van der Waals surface area contributed by atoms with Crippen LogP contribution in [0.25, 0.3) is 0 Å². The van der Waals surface area contributed by atoms with E-state index in [1.807, 2.05) is 106 Å². The summed E-state index contributed by atoms with van der Waals surface area (Å²) < 4.78 is 17.1. The minimum absolute atomic E-state index is 0.00225. The number of carbonyl (C=O) groups excluding carboxylic acids is 2. The summed E-state index contributed by atoms with van der Waals surface area (Å²) in [5.41, 5.74) is 0. The highest BCUT2D eigenvalue weighted by Crippen LogP contribution is 2.11. The minimum atomic E-state index is -0.902. The number of carboxylic acids is 1. The van der Waals surface area contributed by atoms with Crippen LogP contribution in [0.2, 0.25) is 0 Å². The fourth-order valence-corrected chi connectivity index (χ4v) is 5.45. The summed E-state index contributed by atoms with van der Waals surface area (Å²) in [6, 6.07) is -0.647. The molecule has 0 aromatic heterocycles. The molecule has 0 spiro atoms. The molecular weight excluding hydrogens is 775 g/mol. The molecule has 62 heavy (non-hydrogen) atoms. The predicted octanol–water partition coefficient (Wildman–Crippen LogP) is 12.7. The number of aliphatic carboxylic acids is 1. The smallest absolute Gasteiger partial charge is 0.362 e. The maximum Gasteiger partial charge on any atom is 0.362 e. The summed E-state index contributed by atoms with van der Waals surface area (Å²) in [4.78, 5) is 37.0. The van der Waals surface area contributed by atoms with Crippen LogP contribution in [-0.2, 0) is 28.6 Å². The second-order valence-corrected chi connectivity index (χ2v) is 15.4. The molecule has 8 heteroatoms. The zero-order valence-corrected chi connectivity index (χ0v) is 38.7.